The summed E-state index contributed by atoms with van der Waals surface area (Å²) in [7, 11) is 0. The molecule has 0 N–H and O–H groups in total. The molecule has 3 aromatic heterocycles. The van der Waals surface area contributed by atoms with E-state index in [-0.39, 0.29) is 0 Å². The van der Waals surface area contributed by atoms with Gasteiger partial charge in [0, 0.05) is 38.2 Å². The van der Waals surface area contributed by atoms with Crippen molar-refractivity contribution < 1.29 is 8.83 Å². The Labute approximate surface area is 332 Å². The van der Waals surface area contributed by atoms with Crippen LogP contribution in [0.5, 0.6) is 0 Å². The SMILES string of the molecule is c1ccc(-c2cccc(-c3nc(-c4ccc5cc6c(cc5c4)oc4ccccc46)nc(-c4ccc(-c5cccc6oc7ccccc7c56)c5ccccc45)n3)c2)cc1. The Morgan fingerprint density at radius 3 is 1.69 bits per heavy atom. The van der Waals surface area contributed by atoms with Crippen molar-refractivity contribution in [3.63, 3.8) is 0 Å². The largest absolute Gasteiger partial charge is 0.456 e. The minimum atomic E-state index is 0.597. The van der Waals surface area contributed by atoms with E-state index < -0.39 is 0 Å². The number of para-hydroxylation sites is 2. The highest BCUT2D eigenvalue weighted by Crippen LogP contribution is 2.42. The minimum Gasteiger partial charge on any atom is -0.456 e. The number of nitrogens with zero attached hydrogens (tertiary/aromatic N) is 3. The standard InChI is InChI=1S/C53H31N3O2/c1-2-12-32(13-3-1)33-14-10-15-35(28-33)51-54-52(36-25-24-34-30-45-41-18-6-8-21-46(41)58-49(45)31-37(34)29-36)56-53(55-51)43-27-26-40(38-16-4-5-17-39(38)43)42-20-11-23-48-50(42)44-19-7-9-22-47(44)57-48/h1-31H. The molecule has 0 unspecified atom stereocenters. The van der Waals surface area contributed by atoms with E-state index in [9.17, 15) is 0 Å². The van der Waals surface area contributed by atoms with Gasteiger partial charge in [0.1, 0.15) is 22.3 Å². The third-order valence-corrected chi connectivity index (χ3v) is 11.3. The van der Waals surface area contributed by atoms with Crippen molar-refractivity contribution in [3.05, 3.63) is 188 Å². The zero-order valence-corrected chi connectivity index (χ0v) is 31.1. The van der Waals surface area contributed by atoms with Gasteiger partial charge in [0.25, 0.3) is 0 Å². The summed E-state index contributed by atoms with van der Waals surface area (Å²) in [4.78, 5) is 15.7. The van der Waals surface area contributed by atoms with Gasteiger partial charge in [-0.05, 0) is 92.3 Å². The van der Waals surface area contributed by atoms with Gasteiger partial charge in [-0.2, -0.15) is 0 Å². The second kappa shape index (κ2) is 12.8. The number of fused-ring (bicyclic) bond motifs is 8. The Morgan fingerprint density at radius 1 is 0.276 bits per heavy atom. The molecular weight excluding hydrogens is 711 g/mol. The first-order chi connectivity index (χ1) is 28.7. The van der Waals surface area contributed by atoms with Crippen LogP contribution in [0, 0.1) is 0 Å². The van der Waals surface area contributed by atoms with Crippen LogP contribution < -0.4 is 0 Å². The fourth-order valence-electron chi connectivity index (χ4n) is 8.56. The van der Waals surface area contributed by atoms with Crippen molar-refractivity contribution in [1.29, 1.82) is 0 Å². The Balaban J connectivity index is 1.06. The van der Waals surface area contributed by atoms with Crippen LogP contribution in [0.1, 0.15) is 0 Å². The molecule has 0 atom stereocenters. The molecule has 5 nitrogen and oxygen atoms in total. The van der Waals surface area contributed by atoms with E-state index in [0.29, 0.717) is 17.5 Å². The van der Waals surface area contributed by atoms with E-state index in [2.05, 4.69) is 152 Å². The molecule has 58 heavy (non-hydrogen) atoms. The van der Waals surface area contributed by atoms with Crippen LogP contribution in [0.25, 0.3) is 122 Å². The van der Waals surface area contributed by atoms with Crippen LogP contribution in [0.4, 0.5) is 0 Å². The predicted molar refractivity (Wildman–Crippen MR) is 237 cm³/mol. The van der Waals surface area contributed by atoms with E-state index in [0.717, 1.165) is 104 Å². The monoisotopic (exact) mass is 741 g/mol. The molecule has 5 heteroatoms. The zero-order chi connectivity index (χ0) is 38.2. The topological polar surface area (TPSA) is 65.0 Å². The zero-order valence-electron chi connectivity index (χ0n) is 31.1. The molecule has 0 amide bonds. The summed E-state index contributed by atoms with van der Waals surface area (Å²) in [5, 5.41) is 8.75. The molecule has 0 fully saturated rings. The third kappa shape index (κ3) is 5.21. The Kier molecular flexibility index (Phi) is 7.16. The fraction of sp³-hybridized carbons (Fsp3) is 0. The van der Waals surface area contributed by atoms with Gasteiger partial charge in [0.2, 0.25) is 0 Å². The maximum Gasteiger partial charge on any atom is 0.164 e. The normalized spacial score (nSPS) is 11.8. The summed E-state index contributed by atoms with van der Waals surface area (Å²) >= 11 is 0. The maximum absolute atomic E-state index is 6.30. The van der Waals surface area contributed by atoms with Gasteiger partial charge in [0.05, 0.1) is 0 Å². The lowest BCUT2D eigenvalue weighted by atomic mass is 9.92. The first kappa shape index (κ1) is 32.4. The molecule has 3 heterocycles. The van der Waals surface area contributed by atoms with Gasteiger partial charge in [0.15, 0.2) is 17.5 Å². The van der Waals surface area contributed by atoms with Gasteiger partial charge >= 0.3 is 0 Å². The fourth-order valence-corrected chi connectivity index (χ4v) is 8.56. The molecule has 9 aromatic carbocycles. The average molecular weight is 742 g/mol. The van der Waals surface area contributed by atoms with Crippen LogP contribution in [-0.2, 0) is 0 Å². The average Bonchev–Trinajstić information content (AvgIpc) is 3.86. The summed E-state index contributed by atoms with van der Waals surface area (Å²) in [6.45, 7) is 0. The van der Waals surface area contributed by atoms with Crippen molar-refractivity contribution in [3.8, 4) is 56.4 Å². The Hall–Kier alpha value is -7.89. The van der Waals surface area contributed by atoms with Crippen molar-refractivity contribution in [2.45, 2.75) is 0 Å². The van der Waals surface area contributed by atoms with Gasteiger partial charge in [-0.3, -0.25) is 0 Å². The molecule has 0 aliphatic rings. The molecule has 270 valence electrons. The number of rotatable bonds is 5. The van der Waals surface area contributed by atoms with E-state index in [1.54, 1.807) is 0 Å². The highest BCUT2D eigenvalue weighted by Gasteiger charge is 2.19. The van der Waals surface area contributed by atoms with Crippen LogP contribution in [-0.4, -0.2) is 15.0 Å². The quantitative estimate of drug-likeness (QED) is 0.176. The molecule has 0 saturated heterocycles. The summed E-state index contributed by atoms with van der Waals surface area (Å²) < 4.78 is 12.6. The lowest BCUT2D eigenvalue weighted by molar-refractivity contribution is 0.669. The second-order valence-electron chi connectivity index (χ2n) is 14.7. The van der Waals surface area contributed by atoms with E-state index in [1.165, 1.54) is 0 Å². The van der Waals surface area contributed by atoms with Crippen molar-refractivity contribution in [2.24, 2.45) is 0 Å². The van der Waals surface area contributed by atoms with E-state index in [1.807, 2.05) is 36.4 Å². The van der Waals surface area contributed by atoms with Crippen LogP contribution >= 0.6 is 0 Å². The first-order valence-corrected chi connectivity index (χ1v) is 19.4. The molecular formula is C53H31N3O2. The summed E-state index contributed by atoms with van der Waals surface area (Å²) in [5.41, 5.74) is 10.7. The van der Waals surface area contributed by atoms with Crippen LogP contribution in [0.2, 0.25) is 0 Å². The lowest BCUT2D eigenvalue weighted by Gasteiger charge is -2.14. The van der Waals surface area contributed by atoms with Crippen molar-refractivity contribution >= 4 is 65.4 Å². The van der Waals surface area contributed by atoms with Crippen LogP contribution in [0.3, 0.4) is 0 Å². The molecule has 12 aromatic rings. The number of hydrogen-bond donors (Lipinski definition) is 0. The first-order valence-electron chi connectivity index (χ1n) is 19.4. The Bertz CT molecular complexity index is 3580. The highest BCUT2D eigenvalue weighted by atomic mass is 16.3. The number of benzene rings is 9. The molecule has 12 rings (SSSR count). The predicted octanol–water partition coefficient (Wildman–Crippen LogP) is 14.3. The summed E-state index contributed by atoms with van der Waals surface area (Å²) in [5.74, 6) is 1.81. The molecule has 0 aliphatic heterocycles. The van der Waals surface area contributed by atoms with Crippen molar-refractivity contribution in [2.75, 3.05) is 0 Å². The van der Waals surface area contributed by atoms with Gasteiger partial charge in [-0.15, -0.1) is 0 Å². The number of aromatic nitrogens is 3. The molecule has 0 saturated carbocycles. The number of hydrogen-bond acceptors (Lipinski definition) is 5. The molecule has 0 radical (unpaired) electrons. The number of furan rings is 2. The molecule has 0 bridgehead atoms. The minimum absolute atomic E-state index is 0.597. The molecule has 0 aliphatic carbocycles. The maximum atomic E-state index is 6.30. The van der Waals surface area contributed by atoms with Crippen LogP contribution in [0.15, 0.2) is 197 Å². The summed E-state index contributed by atoms with van der Waals surface area (Å²) in [6, 6.07) is 65.2. The van der Waals surface area contributed by atoms with E-state index in [4.69, 9.17) is 23.8 Å². The smallest absolute Gasteiger partial charge is 0.164 e. The highest BCUT2D eigenvalue weighted by molar-refractivity contribution is 6.16. The van der Waals surface area contributed by atoms with Crippen molar-refractivity contribution in [1.82, 2.24) is 15.0 Å². The third-order valence-electron chi connectivity index (χ3n) is 11.3. The van der Waals surface area contributed by atoms with Gasteiger partial charge in [-0.25, -0.2) is 15.0 Å². The Morgan fingerprint density at radius 2 is 0.862 bits per heavy atom. The van der Waals surface area contributed by atoms with Gasteiger partial charge < -0.3 is 8.83 Å². The lowest BCUT2D eigenvalue weighted by Crippen LogP contribution is -2.01. The molecule has 0 spiro atoms. The second-order valence-corrected chi connectivity index (χ2v) is 14.7. The van der Waals surface area contributed by atoms with E-state index >= 15 is 0 Å². The summed E-state index contributed by atoms with van der Waals surface area (Å²) in [6.07, 6.45) is 0. The van der Waals surface area contributed by atoms with Gasteiger partial charge in [-0.1, -0.05) is 140 Å².